The van der Waals surface area contributed by atoms with E-state index in [2.05, 4.69) is 5.32 Å². The summed E-state index contributed by atoms with van der Waals surface area (Å²) in [7, 11) is -0.831. The molecule has 7 nitrogen and oxygen atoms in total. The number of piperidine rings is 1. The van der Waals surface area contributed by atoms with E-state index < -0.39 is 35.8 Å². The molecule has 3 rings (SSSR count). The molecule has 2 aliphatic heterocycles. The predicted molar refractivity (Wildman–Crippen MR) is 125 cm³/mol. The Morgan fingerprint density at radius 3 is 2.45 bits per heavy atom. The van der Waals surface area contributed by atoms with Crippen LogP contribution >= 0.6 is 0 Å². The third-order valence-electron chi connectivity index (χ3n) is 6.42. The van der Waals surface area contributed by atoms with Crippen molar-refractivity contribution in [2.75, 3.05) is 13.1 Å². The largest absolute Gasteiger partial charge is 0.497 e. The summed E-state index contributed by atoms with van der Waals surface area (Å²) < 4.78 is 31.9. The average Bonchev–Trinajstić information content (AvgIpc) is 2.89. The molecule has 2 saturated heterocycles. The zero-order valence-electron chi connectivity index (χ0n) is 20.8. The summed E-state index contributed by atoms with van der Waals surface area (Å²) in [5, 5.41) is 2.86. The van der Waals surface area contributed by atoms with Crippen molar-refractivity contribution in [1.29, 1.82) is 0 Å². The third-order valence-corrected chi connectivity index (χ3v) is 6.42. The molecule has 0 aromatic heterocycles. The Hall–Kier alpha value is -2.13. The van der Waals surface area contributed by atoms with Gasteiger partial charge in [0, 0.05) is 24.6 Å². The van der Waals surface area contributed by atoms with E-state index in [1.165, 1.54) is 6.07 Å². The molecule has 1 atom stereocenters. The van der Waals surface area contributed by atoms with Gasteiger partial charge in [-0.25, -0.2) is 9.18 Å². The van der Waals surface area contributed by atoms with Crippen molar-refractivity contribution >= 4 is 24.6 Å². The lowest BCUT2D eigenvalue weighted by atomic mass is 9.77. The lowest BCUT2D eigenvalue weighted by Crippen LogP contribution is -2.50. The van der Waals surface area contributed by atoms with Crippen LogP contribution < -0.4 is 10.8 Å². The molecule has 0 unspecified atom stereocenters. The van der Waals surface area contributed by atoms with Gasteiger partial charge in [-0.3, -0.25) is 4.79 Å². The van der Waals surface area contributed by atoms with E-state index in [9.17, 15) is 14.0 Å². The maximum Gasteiger partial charge on any atom is 0.497 e. The topological polar surface area (TPSA) is 77.1 Å². The van der Waals surface area contributed by atoms with Crippen molar-refractivity contribution in [2.24, 2.45) is 0 Å². The fraction of sp³-hybridized carbons (Fsp3) is 0.667. The van der Waals surface area contributed by atoms with Crippen LogP contribution in [0, 0.1) is 5.82 Å². The number of hydrogen-bond donors (Lipinski definition) is 1. The van der Waals surface area contributed by atoms with Gasteiger partial charge in [-0.05, 0) is 72.9 Å². The molecule has 2 aliphatic rings. The van der Waals surface area contributed by atoms with Crippen LogP contribution in [0.5, 0.6) is 0 Å². The van der Waals surface area contributed by atoms with Gasteiger partial charge in [-0.1, -0.05) is 12.1 Å². The minimum atomic E-state index is -0.831. The van der Waals surface area contributed by atoms with Gasteiger partial charge < -0.3 is 24.3 Å². The van der Waals surface area contributed by atoms with Gasteiger partial charge in [-0.2, -0.15) is 0 Å². The van der Waals surface area contributed by atoms with Gasteiger partial charge in [0.2, 0.25) is 5.91 Å². The fourth-order valence-corrected chi connectivity index (χ4v) is 3.94. The molecule has 0 aliphatic carbocycles. The first-order valence-electron chi connectivity index (χ1n) is 11.6. The van der Waals surface area contributed by atoms with Crippen LogP contribution in [0.3, 0.4) is 0 Å². The predicted octanol–water partition coefficient (Wildman–Crippen LogP) is 3.18. The Bertz CT molecular complexity index is 883. The number of likely N-dealkylation sites (tertiary alicyclic amines) is 1. The van der Waals surface area contributed by atoms with Crippen LogP contribution in [0.4, 0.5) is 9.18 Å². The average molecular weight is 462 g/mol. The molecule has 1 aromatic carbocycles. The number of alkyl carbamates (subject to hydrolysis) is 1. The summed E-state index contributed by atoms with van der Waals surface area (Å²) in [6, 6.07) is 4.45. The van der Waals surface area contributed by atoms with Crippen LogP contribution in [0.1, 0.15) is 66.9 Å². The molecule has 1 aromatic rings. The number of ether oxygens (including phenoxy) is 1. The summed E-state index contributed by atoms with van der Waals surface area (Å²) in [4.78, 5) is 26.8. The number of halogens is 1. The van der Waals surface area contributed by atoms with E-state index in [4.69, 9.17) is 14.0 Å². The molecule has 1 N–H and O–H groups in total. The minimum absolute atomic E-state index is 0.0721. The van der Waals surface area contributed by atoms with Gasteiger partial charge in [0.25, 0.3) is 0 Å². The smallest absolute Gasteiger partial charge is 0.444 e. The molecule has 0 bridgehead atoms. The molecule has 9 heteroatoms. The fourth-order valence-electron chi connectivity index (χ4n) is 3.94. The lowest BCUT2D eigenvalue weighted by molar-refractivity contribution is -0.131. The Balaban J connectivity index is 1.63. The highest BCUT2D eigenvalue weighted by Crippen LogP contribution is 2.36. The van der Waals surface area contributed by atoms with E-state index in [1.807, 2.05) is 48.5 Å². The highest BCUT2D eigenvalue weighted by atomic mass is 19.1. The van der Waals surface area contributed by atoms with Crippen LogP contribution in [-0.4, -0.2) is 60.0 Å². The van der Waals surface area contributed by atoms with E-state index >= 15 is 0 Å². The van der Waals surface area contributed by atoms with E-state index in [1.54, 1.807) is 17.0 Å². The Morgan fingerprint density at radius 2 is 1.85 bits per heavy atom. The molecule has 0 spiro atoms. The lowest BCUT2D eigenvalue weighted by Gasteiger charge is -2.33. The molecule has 182 valence electrons. The van der Waals surface area contributed by atoms with Crippen molar-refractivity contribution in [1.82, 2.24) is 10.2 Å². The van der Waals surface area contributed by atoms with Crippen molar-refractivity contribution < 1.29 is 28.0 Å². The van der Waals surface area contributed by atoms with E-state index in [-0.39, 0.29) is 18.4 Å². The van der Waals surface area contributed by atoms with Crippen molar-refractivity contribution in [2.45, 2.75) is 90.6 Å². The van der Waals surface area contributed by atoms with Crippen molar-refractivity contribution in [3.63, 3.8) is 0 Å². The Morgan fingerprint density at radius 1 is 1.21 bits per heavy atom. The summed E-state index contributed by atoms with van der Waals surface area (Å²) in [6.45, 7) is 14.1. The second-order valence-corrected chi connectivity index (χ2v) is 10.9. The zero-order valence-corrected chi connectivity index (χ0v) is 20.8. The van der Waals surface area contributed by atoms with E-state index in [0.29, 0.717) is 24.1 Å². The summed E-state index contributed by atoms with van der Waals surface area (Å²) in [5.41, 5.74) is -0.763. The summed E-state index contributed by atoms with van der Waals surface area (Å²) in [6.07, 6.45) is 1.22. The van der Waals surface area contributed by atoms with Crippen molar-refractivity contribution in [3.05, 3.63) is 29.6 Å². The van der Waals surface area contributed by atoms with Crippen LogP contribution in [0.15, 0.2) is 18.2 Å². The number of amides is 2. The molecule has 0 saturated carbocycles. The quantitative estimate of drug-likeness (QED) is 0.696. The van der Waals surface area contributed by atoms with Crippen LogP contribution in [-0.2, 0) is 25.3 Å². The maximum atomic E-state index is 14.6. The second kappa shape index (κ2) is 9.26. The third kappa shape index (κ3) is 6.26. The molecule has 0 radical (unpaired) electrons. The molecule has 2 amide bonds. The molecule has 33 heavy (non-hydrogen) atoms. The number of carbonyl (C=O) groups excluding carboxylic acids is 2. The first-order chi connectivity index (χ1) is 15.2. The maximum absolute atomic E-state index is 14.6. The van der Waals surface area contributed by atoms with Gasteiger partial charge in [0.1, 0.15) is 11.4 Å². The van der Waals surface area contributed by atoms with Gasteiger partial charge in [-0.15, -0.1) is 0 Å². The highest BCUT2D eigenvalue weighted by Gasteiger charge is 2.52. The van der Waals surface area contributed by atoms with Crippen molar-refractivity contribution in [3.8, 4) is 0 Å². The van der Waals surface area contributed by atoms with Gasteiger partial charge >= 0.3 is 13.2 Å². The number of carbonyl (C=O) groups is 2. The van der Waals surface area contributed by atoms with Crippen LogP contribution in [0.2, 0.25) is 0 Å². The molecular weight excluding hydrogens is 426 g/mol. The first-order valence-corrected chi connectivity index (χ1v) is 11.6. The zero-order chi connectivity index (χ0) is 24.6. The van der Waals surface area contributed by atoms with Crippen LogP contribution in [0.25, 0.3) is 0 Å². The molecule has 2 fully saturated rings. The van der Waals surface area contributed by atoms with E-state index in [0.717, 1.165) is 12.8 Å². The number of rotatable bonds is 4. The standard InChI is InChI=1S/C24H36BFN2O5/c1-22(2,3)31-21(30)27-17-9-8-12-28(15-17)20(29)14-16-10-11-19(26)18(13-16)25-32-23(4,5)24(6,7)33-25/h10-11,13,17H,8-9,12,14-15H2,1-7H3,(H,27,30)/t17-/m1/s1. The molecular formula is C24H36BFN2O5. The van der Waals surface area contributed by atoms with Gasteiger partial charge in [0.15, 0.2) is 0 Å². The number of benzene rings is 1. The number of nitrogens with one attached hydrogen (secondary N) is 1. The molecule has 2 heterocycles. The first kappa shape index (κ1) is 25.5. The summed E-state index contributed by atoms with van der Waals surface area (Å²) >= 11 is 0. The second-order valence-electron chi connectivity index (χ2n) is 10.9. The highest BCUT2D eigenvalue weighted by molar-refractivity contribution is 6.62. The minimum Gasteiger partial charge on any atom is -0.444 e. The number of hydrogen-bond acceptors (Lipinski definition) is 5. The SMILES string of the molecule is CC(C)(C)OC(=O)N[C@@H]1CCCN(C(=O)Cc2ccc(F)c(B3OC(C)(C)C(C)(C)O3)c2)C1. The normalized spacial score (nSPS) is 22.2. The monoisotopic (exact) mass is 462 g/mol. The Labute approximate surface area is 196 Å². The van der Waals surface area contributed by atoms with Gasteiger partial charge in [0.05, 0.1) is 17.6 Å². The Kier molecular flexibility index (Phi) is 7.15. The number of nitrogens with zero attached hydrogens (tertiary/aromatic N) is 1. The summed E-state index contributed by atoms with van der Waals surface area (Å²) in [5.74, 6) is -0.499.